The van der Waals surface area contributed by atoms with Gasteiger partial charge in [-0.2, -0.15) is 0 Å². The van der Waals surface area contributed by atoms with Crippen LogP contribution in [-0.4, -0.2) is 100 Å². The van der Waals surface area contributed by atoms with E-state index in [1.54, 1.807) is 6.08 Å². The molecule has 11 heteroatoms. The van der Waals surface area contributed by atoms with Crippen LogP contribution in [0.15, 0.2) is 24.3 Å². The Morgan fingerprint density at radius 2 is 0.736 bits per heavy atom. The van der Waals surface area contributed by atoms with Crippen molar-refractivity contribution in [3.05, 3.63) is 24.3 Å². The summed E-state index contributed by atoms with van der Waals surface area (Å²) in [7, 11) is 0. The Bertz CT molecular complexity index is 1490. The first kappa shape index (κ1) is 83.2. The first-order valence-electron chi connectivity index (χ1n) is 38.1. The normalized spacial score (nSPS) is 17.9. The van der Waals surface area contributed by atoms with Gasteiger partial charge in [-0.25, -0.2) is 0 Å². The molecule has 0 spiro atoms. The molecule has 1 aliphatic rings. The zero-order chi connectivity index (χ0) is 63.0. The number of ether oxygens (including phenoxy) is 3. The van der Waals surface area contributed by atoms with Gasteiger partial charge in [-0.15, -0.1) is 0 Å². The third-order valence-corrected chi connectivity index (χ3v) is 18.3. The number of hydrogen-bond acceptors (Lipinski definition) is 10. The number of aliphatic hydroxyl groups is 5. The molecule has 1 aliphatic heterocycles. The molecule has 514 valence electrons. The number of amides is 1. The minimum atomic E-state index is -1.57. The van der Waals surface area contributed by atoms with Gasteiger partial charge < -0.3 is 45.1 Å². The van der Waals surface area contributed by atoms with Crippen molar-refractivity contribution in [1.29, 1.82) is 0 Å². The molecule has 0 saturated carbocycles. The summed E-state index contributed by atoms with van der Waals surface area (Å²) in [5.41, 5.74) is 0. The minimum Gasteiger partial charge on any atom is -0.466 e. The van der Waals surface area contributed by atoms with Crippen molar-refractivity contribution >= 4 is 11.9 Å². The van der Waals surface area contributed by atoms with Crippen molar-refractivity contribution in [2.24, 2.45) is 0 Å². The SMILES string of the molecule is CCCCCCCCCCCCCC/C=C/C(O)C(COC1OC(CO)C(O)C(O)C1O)NC(=O)CCCCCCCCCCCCCCCCCCC/C=C\CCCCCCCCCCCCCCOC(=O)CCCCCCCCCCCCCC. The number of allylic oxidation sites excluding steroid dienone is 3. The largest absolute Gasteiger partial charge is 0.466 e. The highest BCUT2D eigenvalue weighted by molar-refractivity contribution is 5.76. The van der Waals surface area contributed by atoms with Crippen LogP contribution in [0.5, 0.6) is 0 Å². The maximum absolute atomic E-state index is 13.1. The lowest BCUT2D eigenvalue weighted by Gasteiger charge is -2.40. The van der Waals surface area contributed by atoms with E-state index in [4.69, 9.17) is 14.2 Å². The zero-order valence-corrected chi connectivity index (χ0v) is 57.3. The molecular weight excluding hydrogens is 1090 g/mol. The predicted molar refractivity (Wildman–Crippen MR) is 366 cm³/mol. The highest BCUT2D eigenvalue weighted by atomic mass is 16.7. The molecule has 1 amide bonds. The van der Waals surface area contributed by atoms with Crippen molar-refractivity contribution in [1.82, 2.24) is 5.32 Å². The smallest absolute Gasteiger partial charge is 0.305 e. The Morgan fingerprint density at radius 3 is 1.10 bits per heavy atom. The van der Waals surface area contributed by atoms with Crippen LogP contribution in [0.4, 0.5) is 0 Å². The fourth-order valence-corrected chi connectivity index (χ4v) is 12.3. The van der Waals surface area contributed by atoms with Gasteiger partial charge in [-0.05, 0) is 57.8 Å². The van der Waals surface area contributed by atoms with Crippen LogP contribution in [0, 0.1) is 0 Å². The second kappa shape index (κ2) is 65.6. The summed E-state index contributed by atoms with van der Waals surface area (Å²) in [6.45, 7) is 4.40. The van der Waals surface area contributed by atoms with E-state index in [0.717, 1.165) is 51.4 Å². The number of unbranched alkanes of at least 4 members (excludes halogenated alkanes) is 52. The number of esters is 1. The average molecular weight is 1230 g/mol. The predicted octanol–water partition coefficient (Wildman–Crippen LogP) is 20.0. The number of carbonyl (C=O) groups is 2. The van der Waals surface area contributed by atoms with E-state index in [9.17, 15) is 35.1 Å². The molecule has 11 nitrogen and oxygen atoms in total. The average Bonchev–Trinajstić information content (AvgIpc) is 1.86. The molecule has 0 aromatic heterocycles. The Kier molecular flexibility index (Phi) is 62.7. The maximum Gasteiger partial charge on any atom is 0.305 e. The second-order valence-corrected chi connectivity index (χ2v) is 26.7. The Hall–Kier alpha value is -1.86. The van der Waals surface area contributed by atoms with E-state index < -0.39 is 49.5 Å². The first-order chi connectivity index (χ1) is 42.7. The summed E-state index contributed by atoms with van der Waals surface area (Å²) in [5.74, 6) is -0.163. The number of rotatable bonds is 68. The molecule has 0 bridgehead atoms. The summed E-state index contributed by atoms with van der Waals surface area (Å²) < 4.78 is 16.8. The van der Waals surface area contributed by atoms with Gasteiger partial charge in [0.2, 0.25) is 5.91 Å². The molecule has 1 rings (SSSR count). The van der Waals surface area contributed by atoms with Crippen molar-refractivity contribution in [2.75, 3.05) is 19.8 Å². The summed E-state index contributed by atoms with van der Waals surface area (Å²) in [4.78, 5) is 25.1. The van der Waals surface area contributed by atoms with Crippen LogP contribution in [-0.2, 0) is 23.8 Å². The van der Waals surface area contributed by atoms with Crippen LogP contribution < -0.4 is 5.32 Å². The van der Waals surface area contributed by atoms with Crippen molar-refractivity contribution in [2.45, 2.75) is 429 Å². The molecule has 0 aliphatic carbocycles. The minimum absolute atomic E-state index is 0.0128. The number of carbonyl (C=O) groups excluding carboxylic acids is 2. The van der Waals surface area contributed by atoms with Gasteiger partial charge in [-0.1, -0.05) is 340 Å². The van der Waals surface area contributed by atoms with Gasteiger partial charge in [0.05, 0.1) is 32.0 Å². The van der Waals surface area contributed by atoms with Crippen molar-refractivity contribution < 1.29 is 49.3 Å². The van der Waals surface area contributed by atoms with Gasteiger partial charge in [0.1, 0.15) is 24.4 Å². The van der Waals surface area contributed by atoms with E-state index in [2.05, 4.69) is 31.3 Å². The van der Waals surface area contributed by atoms with Crippen LogP contribution in [0.25, 0.3) is 0 Å². The third-order valence-electron chi connectivity index (χ3n) is 18.3. The second-order valence-electron chi connectivity index (χ2n) is 26.7. The fraction of sp³-hybridized carbons (Fsp3) is 0.921. The van der Waals surface area contributed by atoms with Gasteiger partial charge in [0.15, 0.2) is 6.29 Å². The number of nitrogens with one attached hydrogen (secondary N) is 1. The Labute approximate surface area is 537 Å². The molecule has 1 saturated heterocycles. The van der Waals surface area contributed by atoms with Crippen LogP contribution in [0.3, 0.4) is 0 Å². The van der Waals surface area contributed by atoms with Gasteiger partial charge in [0, 0.05) is 12.8 Å². The van der Waals surface area contributed by atoms with Crippen molar-refractivity contribution in [3.8, 4) is 0 Å². The maximum atomic E-state index is 13.1. The lowest BCUT2D eigenvalue weighted by Crippen LogP contribution is -2.60. The molecular formula is C76H145NO10. The number of hydrogen-bond donors (Lipinski definition) is 6. The number of aliphatic hydroxyl groups excluding tert-OH is 5. The van der Waals surface area contributed by atoms with Crippen LogP contribution in [0.2, 0.25) is 0 Å². The van der Waals surface area contributed by atoms with E-state index in [-0.39, 0.29) is 18.5 Å². The van der Waals surface area contributed by atoms with Gasteiger partial charge >= 0.3 is 5.97 Å². The highest BCUT2D eigenvalue weighted by Crippen LogP contribution is 2.24. The van der Waals surface area contributed by atoms with E-state index >= 15 is 0 Å². The summed E-state index contributed by atoms with van der Waals surface area (Å²) in [6.07, 6.45) is 73.2. The Morgan fingerprint density at radius 1 is 0.414 bits per heavy atom. The molecule has 6 N–H and O–H groups in total. The standard InChI is InChI=1S/C76H145NO10/c1-3-5-7-9-11-13-15-17-39-42-46-50-54-58-62-69(79)68(67-86-76-75(84)74(83)73(82)70(66-78)87-76)77-71(80)63-59-55-51-47-43-40-37-35-33-31-29-27-25-23-21-19-18-20-22-24-26-28-30-32-34-36-38-41-45-49-53-57-61-65-85-72(81)64-60-56-52-48-44-16-14-12-10-8-6-4-2/h22,24,58,62,68-70,73-76,78-79,82-84H,3-21,23,25-57,59-61,63-67H2,1-2H3,(H,77,80)/b24-22-,62-58+. The quantitative estimate of drug-likeness (QED) is 0.0195. The van der Waals surface area contributed by atoms with E-state index in [0.29, 0.717) is 19.4 Å². The van der Waals surface area contributed by atoms with Gasteiger partial charge in [0.25, 0.3) is 0 Å². The monoisotopic (exact) mass is 1230 g/mol. The molecule has 7 unspecified atom stereocenters. The molecule has 1 fully saturated rings. The summed E-state index contributed by atoms with van der Waals surface area (Å²) in [5, 5.41) is 54.6. The van der Waals surface area contributed by atoms with Crippen LogP contribution in [0.1, 0.15) is 386 Å². The molecule has 0 aromatic carbocycles. The summed E-state index contributed by atoms with van der Waals surface area (Å²) in [6, 6.07) is -0.807. The first-order valence-corrected chi connectivity index (χ1v) is 38.1. The molecule has 0 radical (unpaired) electrons. The zero-order valence-electron chi connectivity index (χ0n) is 57.3. The lowest BCUT2D eigenvalue weighted by molar-refractivity contribution is -0.302. The molecule has 7 atom stereocenters. The Balaban J connectivity index is 1.94. The molecule has 0 aromatic rings. The highest BCUT2D eigenvalue weighted by Gasteiger charge is 2.44. The van der Waals surface area contributed by atoms with E-state index in [1.807, 2.05) is 6.08 Å². The van der Waals surface area contributed by atoms with E-state index in [1.165, 1.54) is 308 Å². The lowest BCUT2D eigenvalue weighted by atomic mass is 9.99. The molecule has 87 heavy (non-hydrogen) atoms. The topological polar surface area (TPSA) is 175 Å². The fourth-order valence-electron chi connectivity index (χ4n) is 12.3. The summed E-state index contributed by atoms with van der Waals surface area (Å²) >= 11 is 0. The molecule has 1 heterocycles. The third kappa shape index (κ3) is 54.4. The van der Waals surface area contributed by atoms with Crippen LogP contribution >= 0.6 is 0 Å². The van der Waals surface area contributed by atoms with Gasteiger partial charge in [-0.3, -0.25) is 9.59 Å². The van der Waals surface area contributed by atoms with Crippen molar-refractivity contribution in [3.63, 3.8) is 0 Å².